The van der Waals surface area contributed by atoms with Crippen LogP contribution in [0.4, 0.5) is 5.69 Å². The molecule has 0 aliphatic carbocycles. The molecule has 0 unspecified atom stereocenters. The lowest BCUT2D eigenvalue weighted by Crippen LogP contribution is -2.20. The van der Waals surface area contributed by atoms with Crippen LogP contribution in [-0.4, -0.2) is 22.6 Å². The van der Waals surface area contributed by atoms with Crippen LogP contribution in [0.1, 0.15) is 26.3 Å². The van der Waals surface area contributed by atoms with Crippen LogP contribution in [0.2, 0.25) is 0 Å². The van der Waals surface area contributed by atoms with Crippen molar-refractivity contribution in [2.75, 3.05) is 11.9 Å². The first-order valence-electron chi connectivity index (χ1n) is 10.1. The smallest absolute Gasteiger partial charge is 0.262 e. The van der Waals surface area contributed by atoms with Crippen molar-refractivity contribution in [2.24, 2.45) is 0 Å². The van der Waals surface area contributed by atoms with Crippen LogP contribution < -0.4 is 10.1 Å². The quantitative estimate of drug-likeness (QED) is 0.341. The molecule has 32 heavy (non-hydrogen) atoms. The van der Waals surface area contributed by atoms with Gasteiger partial charge in [0.05, 0.1) is 4.47 Å². The number of carbonyl (C=O) groups is 1. The molecule has 164 valence electrons. The van der Waals surface area contributed by atoms with Gasteiger partial charge in [-0.15, -0.1) is 0 Å². The molecule has 0 radical (unpaired) electrons. The van der Waals surface area contributed by atoms with Gasteiger partial charge in [0.25, 0.3) is 5.91 Å². The maximum Gasteiger partial charge on any atom is 0.262 e. The number of hydrogen-bond donors (Lipinski definition) is 2. The summed E-state index contributed by atoms with van der Waals surface area (Å²) in [5.41, 5.74) is 3.80. The number of rotatable bonds is 5. The molecule has 0 atom stereocenters. The number of hydrogen-bond acceptors (Lipinski definition) is 5. The Morgan fingerprint density at radius 2 is 1.84 bits per heavy atom. The highest BCUT2D eigenvalue weighted by Crippen LogP contribution is 2.31. The van der Waals surface area contributed by atoms with E-state index in [2.05, 4.69) is 47.0 Å². The predicted octanol–water partition coefficient (Wildman–Crippen LogP) is 6.28. The lowest BCUT2D eigenvalue weighted by Gasteiger charge is -2.19. The SMILES string of the molecule is CC(C)(C)c1ccc(OCC(=O)Nc2ccc3oc(-c4ccc(O)c(Br)c4)nc3c2)cc1. The Kier molecular flexibility index (Phi) is 5.93. The van der Waals surface area contributed by atoms with Crippen molar-refractivity contribution in [1.82, 2.24) is 4.98 Å². The van der Waals surface area contributed by atoms with Gasteiger partial charge < -0.3 is 19.6 Å². The summed E-state index contributed by atoms with van der Waals surface area (Å²) in [6.07, 6.45) is 0. The number of benzene rings is 3. The number of phenolic OH excluding ortho intramolecular Hbond substituents is 1. The Morgan fingerprint density at radius 1 is 1.09 bits per heavy atom. The second-order valence-corrected chi connectivity index (χ2v) is 9.33. The monoisotopic (exact) mass is 494 g/mol. The van der Waals surface area contributed by atoms with Crippen molar-refractivity contribution in [2.45, 2.75) is 26.2 Å². The molecule has 0 aliphatic heterocycles. The van der Waals surface area contributed by atoms with Gasteiger partial charge in [-0.05, 0) is 75.4 Å². The number of phenols is 1. The molecule has 0 bridgehead atoms. The second-order valence-electron chi connectivity index (χ2n) is 8.48. The number of aromatic hydroxyl groups is 1. The molecular weight excluding hydrogens is 472 g/mol. The van der Waals surface area contributed by atoms with E-state index in [1.54, 1.807) is 36.4 Å². The number of halogens is 1. The largest absolute Gasteiger partial charge is 0.507 e. The fraction of sp³-hybridized carbons (Fsp3) is 0.200. The third-order valence-corrected chi connectivity index (χ3v) is 5.59. The van der Waals surface area contributed by atoms with Crippen molar-refractivity contribution in [3.05, 3.63) is 70.7 Å². The zero-order valence-corrected chi connectivity index (χ0v) is 19.6. The lowest BCUT2D eigenvalue weighted by molar-refractivity contribution is -0.118. The number of oxazole rings is 1. The van der Waals surface area contributed by atoms with Crippen LogP contribution in [0.3, 0.4) is 0 Å². The molecule has 6 nitrogen and oxygen atoms in total. The zero-order chi connectivity index (χ0) is 22.9. The van der Waals surface area contributed by atoms with Crippen LogP contribution in [-0.2, 0) is 10.2 Å². The molecule has 1 heterocycles. The van der Waals surface area contributed by atoms with E-state index in [0.29, 0.717) is 32.9 Å². The summed E-state index contributed by atoms with van der Waals surface area (Å²) in [4.78, 5) is 16.8. The zero-order valence-electron chi connectivity index (χ0n) is 18.0. The summed E-state index contributed by atoms with van der Waals surface area (Å²) in [5.74, 6) is 0.939. The second kappa shape index (κ2) is 8.67. The van der Waals surface area contributed by atoms with Gasteiger partial charge in [0.1, 0.15) is 17.0 Å². The summed E-state index contributed by atoms with van der Waals surface area (Å²) in [6.45, 7) is 6.34. The van der Waals surface area contributed by atoms with Crippen molar-refractivity contribution in [3.63, 3.8) is 0 Å². The maximum atomic E-state index is 12.3. The van der Waals surface area contributed by atoms with Gasteiger partial charge in [-0.1, -0.05) is 32.9 Å². The van der Waals surface area contributed by atoms with E-state index in [4.69, 9.17) is 9.15 Å². The first-order chi connectivity index (χ1) is 15.2. The van der Waals surface area contributed by atoms with Gasteiger partial charge in [0, 0.05) is 11.3 Å². The third-order valence-electron chi connectivity index (χ3n) is 4.96. The Labute approximate surface area is 194 Å². The van der Waals surface area contributed by atoms with Crippen molar-refractivity contribution in [3.8, 4) is 23.0 Å². The maximum absolute atomic E-state index is 12.3. The number of fused-ring (bicyclic) bond motifs is 1. The summed E-state index contributed by atoms with van der Waals surface area (Å²) < 4.78 is 12.0. The van der Waals surface area contributed by atoms with E-state index in [0.717, 1.165) is 5.56 Å². The molecule has 0 fully saturated rings. The Bertz CT molecular complexity index is 1270. The Balaban J connectivity index is 1.41. The number of amides is 1. The third kappa shape index (κ3) is 4.94. The van der Waals surface area contributed by atoms with Gasteiger partial charge in [0.15, 0.2) is 12.2 Å². The summed E-state index contributed by atoms with van der Waals surface area (Å²) in [6, 6.07) is 18.0. The van der Waals surface area contributed by atoms with E-state index in [1.165, 1.54) is 5.56 Å². The van der Waals surface area contributed by atoms with E-state index in [1.807, 2.05) is 24.3 Å². The Hall–Kier alpha value is -3.32. The van der Waals surface area contributed by atoms with E-state index < -0.39 is 0 Å². The van der Waals surface area contributed by atoms with Crippen LogP contribution in [0.15, 0.2) is 69.6 Å². The topological polar surface area (TPSA) is 84.6 Å². The number of anilines is 1. The minimum absolute atomic E-state index is 0.0638. The van der Waals surface area contributed by atoms with Gasteiger partial charge in [-0.2, -0.15) is 0 Å². The van der Waals surface area contributed by atoms with E-state index in [-0.39, 0.29) is 23.7 Å². The molecular formula is C25H23BrN2O4. The van der Waals surface area contributed by atoms with Crippen molar-refractivity contribution in [1.29, 1.82) is 0 Å². The Morgan fingerprint density at radius 3 is 2.53 bits per heavy atom. The molecule has 4 aromatic rings. The number of ether oxygens (including phenoxy) is 1. The van der Waals surface area contributed by atoms with Crippen LogP contribution in [0.5, 0.6) is 11.5 Å². The number of carbonyl (C=O) groups excluding carboxylic acids is 1. The summed E-state index contributed by atoms with van der Waals surface area (Å²) in [5, 5.41) is 12.5. The molecule has 4 rings (SSSR count). The fourth-order valence-electron chi connectivity index (χ4n) is 3.17. The first-order valence-corrected chi connectivity index (χ1v) is 10.9. The first kappa shape index (κ1) is 21.9. The summed E-state index contributed by atoms with van der Waals surface area (Å²) >= 11 is 3.29. The van der Waals surface area contributed by atoms with Gasteiger partial charge in [-0.3, -0.25) is 4.79 Å². The van der Waals surface area contributed by atoms with Crippen LogP contribution >= 0.6 is 15.9 Å². The number of aromatic nitrogens is 1. The van der Waals surface area contributed by atoms with E-state index in [9.17, 15) is 9.90 Å². The average molecular weight is 495 g/mol. The van der Waals surface area contributed by atoms with Crippen molar-refractivity contribution >= 4 is 38.6 Å². The fourth-order valence-corrected chi connectivity index (χ4v) is 3.54. The molecule has 3 aromatic carbocycles. The lowest BCUT2D eigenvalue weighted by atomic mass is 9.87. The molecule has 0 saturated carbocycles. The molecule has 7 heteroatoms. The van der Waals surface area contributed by atoms with Crippen LogP contribution in [0.25, 0.3) is 22.6 Å². The van der Waals surface area contributed by atoms with Crippen molar-refractivity contribution < 1.29 is 19.1 Å². The number of nitrogens with one attached hydrogen (secondary N) is 1. The highest BCUT2D eigenvalue weighted by atomic mass is 79.9. The standard InChI is InChI=1S/C25H23BrN2O4/c1-25(2,3)16-5-8-18(9-6-16)31-14-23(30)27-17-7-11-22-20(13-17)28-24(32-22)15-4-10-21(29)19(26)12-15/h4-13,29H,14H2,1-3H3,(H,27,30). The summed E-state index contributed by atoms with van der Waals surface area (Å²) in [7, 11) is 0. The van der Waals surface area contributed by atoms with Gasteiger partial charge in [0.2, 0.25) is 5.89 Å². The van der Waals surface area contributed by atoms with E-state index >= 15 is 0 Å². The normalized spacial score (nSPS) is 11.5. The molecule has 2 N–H and O–H groups in total. The minimum Gasteiger partial charge on any atom is -0.507 e. The van der Waals surface area contributed by atoms with Gasteiger partial charge in [-0.25, -0.2) is 4.98 Å². The molecule has 0 spiro atoms. The molecule has 0 aliphatic rings. The predicted molar refractivity (Wildman–Crippen MR) is 128 cm³/mol. The van der Waals surface area contributed by atoms with Gasteiger partial charge >= 0.3 is 0 Å². The minimum atomic E-state index is -0.268. The molecule has 0 saturated heterocycles. The number of nitrogens with zero attached hydrogens (tertiary/aromatic N) is 1. The highest BCUT2D eigenvalue weighted by Gasteiger charge is 2.14. The molecule has 1 aromatic heterocycles. The molecule has 1 amide bonds. The van der Waals surface area contributed by atoms with Crippen LogP contribution in [0, 0.1) is 0 Å². The highest BCUT2D eigenvalue weighted by molar-refractivity contribution is 9.10. The average Bonchev–Trinajstić information content (AvgIpc) is 3.17.